The fourth-order valence-corrected chi connectivity index (χ4v) is 3.20. The summed E-state index contributed by atoms with van der Waals surface area (Å²) in [5, 5.41) is 10.7. The smallest absolute Gasteiger partial charge is 0.0674 e. The maximum atomic E-state index is 10.7. The van der Waals surface area contributed by atoms with Crippen LogP contribution in [0.25, 0.3) is 0 Å². The first kappa shape index (κ1) is 13.5. The molecular weight excluding hydrogens is 224 g/mol. The normalized spacial score (nSPS) is 22.4. The minimum atomic E-state index is -0.356. The van der Waals surface area contributed by atoms with Crippen molar-refractivity contribution in [3.05, 3.63) is 30.1 Å². The van der Waals surface area contributed by atoms with Gasteiger partial charge in [0.15, 0.2) is 0 Å². The van der Waals surface area contributed by atoms with Gasteiger partial charge in [-0.25, -0.2) is 0 Å². The Labute approximate surface area is 109 Å². The Bertz CT molecular complexity index is 360. The van der Waals surface area contributed by atoms with Crippen LogP contribution in [-0.2, 0) is 0 Å². The van der Waals surface area contributed by atoms with Gasteiger partial charge in [-0.3, -0.25) is 4.98 Å². The maximum absolute atomic E-state index is 10.7. The summed E-state index contributed by atoms with van der Waals surface area (Å²) >= 11 is 0. The highest BCUT2D eigenvalue weighted by molar-refractivity contribution is 5.19. The lowest BCUT2D eigenvalue weighted by atomic mass is 9.67. The lowest BCUT2D eigenvalue weighted by Crippen LogP contribution is -2.41. The van der Waals surface area contributed by atoms with Crippen LogP contribution in [0, 0.1) is 5.41 Å². The molecule has 0 amide bonds. The lowest BCUT2D eigenvalue weighted by Gasteiger charge is -2.41. The van der Waals surface area contributed by atoms with Crippen molar-refractivity contribution in [2.75, 3.05) is 6.54 Å². The molecule has 3 nitrogen and oxygen atoms in total. The number of pyridine rings is 1. The van der Waals surface area contributed by atoms with Gasteiger partial charge in [0, 0.05) is 24.9 Å². The molecule has 0 aliphatic heterocycles. The molecule has 2 atom stereocenters. The quantitative estimate of drug-likeness (QED) is 0.860. The minimum Gasteiger partial charge on any atom is -0.392 e. The molecule has 1 fully saturated rings. The molecule has 1 saturated carbocycles. The molecule has 0 saturated heterocycles. The van der Waals surface area contributed by atoms with Crippen LogP contribution in [0.1, 0.15) is 50.5 Å². The van der Waals surface area contributed by atoms with Gasteiger partial charge in [0.25, 0.3) is 0 Å². The molecule has 3 heteroatoms. The van der Waals surface area contributed by atoms with E-state index < -0.39 is 0 Å². The summed E-state index contributed by atoms with van der Waals surface area (Å²) < 4.78 is 0. The van der Waals surface area contributed by atoms with Crippen molar-refractivity contribution in [2.45, 2.75) is 51.0 Å². The third kappa shape index (κ3) is 2.73. The van der Waals surface area contributed by atoms with E-state index in [0.29, 0.717) is 6.54 Å². The van der Waals surface area contributed by atoms with E-state index >= 15 is 0 Å². The molecule has 18 heavy (non-hydrogen) atoms. The van der Waals surface area contributed by atoms with Gasteiger partial charge >= 0.3 is 0 Å². The maximum Gasteiger partial charge on any atom is 0.0674 e. The molecule has 0 spiro atoms. The zero-order valence-corrected chi connectivity index (χ0v) is 11.2. The predicted octanol–water partition coefficient (Wildman–Crippen LogP) is 2.46. The van der Waals surface area contributed by atoms with Gasteiger partial charge in [-0.2, -0.15) is 0 Å². The largest absolute Gasteiger partial charge is 0.392 e. The van der Waals surface area contributed by atoms with Crippen LogP contribution in [-0.4, -0.2) is 22.7 Å². The number of rotatable bonds is 4. The number of nitrogens with zero attached hydrogens (tertiary/aromatic N) is 1. The molecule has 1 aromatic rings. The van der Waals surface area contributed by atoms with Gasteiger partial charge in [-0.1, -0.05) is 26.2 Å². The summed E-state index contributed by atoms with van der Waals surface area (Å²) in [6.45, 7) is 2.70. The molecular formula is C15H24N2O. The molecule has 2 rings (SSSR count). The highest BCUT2D eigenvalue weighted by Crippen LogP contribution is 2.43. The van der Waals surface area contributed by atoms with Crippen molar-refractivity contribution >= 4 is 0 Å². The van der Waals surface area contributed by atoms with Crippen molar-refractivity contribution in [3.8, 4) is 0 Å². The van der Waals surface area contributed by atoms with Crippen molar-refractivity contribution < 1.29 is 5.11 Å². The Kier molecular flexibility index (Phi) is 4.36. The van der Waals surface area contributed by atoms with E-state index in [9.17, 15) is 5.11 Å². The van der Waals surface area contributed by atoms with Gasteiger partial charge in [-0.05, 0) is 36.0 Å². The standard InChI is InChI=1S/C15H24N2O/c1-15(7-3-2-4-8-15)14(18)13(11-16)12-5-9-17-10-6-12/h5-6,9-10,13-14,18H,2-4,7-8,11,16H2,1H3. The first-order valence-electron chi connectivity index (χ1n) is 6.95. The van der Waals surface area contributed by atoms with E-state index in [2.05, 4.69) is 11.9 Å². The highest BCUT2D eigenvalue weighted by atomic mass is 16.3. The Balaban J connectivity index is 2.17. The van der Waals surface area contributed by atoms with E-state index in [1.807, 2.05) is 12.1 Å². The summed E-state index contributed by atoms with van der Waals surface area (Å²) in [6.07, 6.45) is 9.14. The summed E-state index contributed by atoms with van der Waals surface area (Å²) in [4.78, 5) is 4.03. The van der Waals surface area contributed by atoms with Crippen molar-refractivity contribution in [1.29, 1.82) is 0 Å². The van der Waals surface area contributed by atoms with E-state index in [4.69, 9.17) is 5.73 Å². The molecule has 0 radical (unpaired) electrons. The molecule has 1 aliphatic carbocycles. The highest BCUT2D eigenvalue weighted by Gasteiger charge is 2.38. The molecule has 0 aromatic carbocycles. The van der Waals surface area contributed by atoms with E-state index in [1.165, 1.54) is 19.3 Å². The second-order valence-electron chi connectivity index (χ2n) is 5.78. The van der Waals surface area contributed by atoms with Crippen LogP contribution in [0.15, 0.2) is 24.5 Å². The Morgan fingerprint density at radius 3 is 2.44 bits per heavy atom. The van der Waals surface area contributed by atoms with Crippen LogP contribution >= 0.6 is 0 Å². The first-order chi connectivity index (χ1) is 8.67. The predicted molar refractivity (Wildman–Crippen MR) is 73.2 cm³/mol. The summed E-state index contributed by atoms with van der Waals surface area (Å²) in [7, 11) is 0. The molecule has 1 heterocycles. The fourth-order valence-electron chi connectivity index (χ4n) is 3.20. The minimum absolute atomic E-state index is 0.0194. The second-order valence-corrected chi connectivity index (χ2v) is 5.78. The van der Waals surface area contributed by atoms with Crippen LogP contribution in [0.2, 0.25) is 0 Å². The van der Waals surface area contributed by atoms with Crippen molar-refractivity contribution in [3.63, 3.8) is 0 Å². The van der Waals surface area contributed by atoms with Gasteiger partial charge < -0.3 is 10.8 Å². The summed E-state index contributed by atoms with van der Waals surface area (Å²) in [5.41, 5.74) is 7.01. The number of hydrogen-bond donors (Lipinski definition) is 2. The first-order valence-corrected chi connectivity index (χ1v) is 6.95. The van der Waals surface area contributed by atoms with Gasteiger partial charge in [-0.15, -0.1) is 0 Å². The molecule has 100 valence electrons. The number of nitrogens with two attached hydrogens (primary N) is 1. The van der Waals surface area contributed by atoms with Crippen molar-refractivity contribution in [2.24, 2.45) is 11.1 Å². The zero-order chi connectivity index (χ0) is 13.0. The summed E-state index contributed by atoms with van der Waals surface area (Å²) in [6, 6.07) is 3.93. The van der Waals surface area contributed by atoms with Crippen LogP contribution in [0.3, 0.4) is 0 Å². The number of aliphatic hydroxyl groups is 1. The summed E-state index contributed by atoms with van der Waals surface area (Å²) in [5.74, 6) is 0.0242. The molecule has 1 aliphatic rings. The molecule has 0 bridgehead atoms. The molecule has 2 unspecified atom stereocenters. The second kappa shape index (κ2) is 5.81. The lowest BCUT2D eigenvalue weighted by molar-refractivity contribution is -0.00750. The Hall–Kier alpha value is -0.930. The SMILES string of the molecule is CC1(C(O)C(CN)c2ccncc2)CCCCC1. The average Bonchev–Trinajstić information content (AvgIpc) is 2.41. The van der Waals surface area contributed by atoms with Gasteiger partial charge in [0.05, 0.1) is 6.10 Å². The molecule has 1 aromatic heterocycles. The third-order valence-electron chi connectivity index (χ3n) is 4.48. The van der Waals surface area contributed by atoms with E-state index in [0.717, 1.165) is 18.4 Å². The molecule has 3 N–H and O–H groups in total. The monoisotopic (exact) mass is 248 g/mol. The van der Waals surface area contributed by atoms with E-state index in [-0.39, 0.29) is 17.4 Å². The van der Waals surface area contributed by atoms with Crippen LogP contribution in [0.4, 0.5) is 0 Å². The number of aliphatic hydroxyl groups excluding tert-OH is 1. The van der Waals surface area contributed by atoms with Crippen molar-refractivity contribution in [1.82, 2.24) is 4.98 Å². The Morgan fingerprint density at radius 2 is 1.89 bits per heavy atom. The average molecular weight is 248 g/mol. The topological polar surface area (TPSA) is 59.1 Å². The van der Waals surface area contributed by atoms with Gasteiger partial charge in [0.1, 0.15) is 0 Å². The van der Waals surface area contributed by atoms with E-state index in [1.54, 1.807) is 12.4 Å². The van der Waals surface area contributed by atoms with Crippen LogP contribution in [0.5, 0.6) is 0 Å². The third-order valence-corrected chi connectivity index (χ3v) is 4.48. The fraction of sp³-hybridized carbons (Fsp3) is 0.667. The van der Waals surface area contributed by atoms with Crippen LogP contribution < -0.4 is 5.73 Å². The Morgan fingerprint density at radius 1 is 1.28 bits per heavy atom. The number of aromatic nitrogens is 1. The number of hydrogen-bond acceptors (Lipinski definition) is 3. The van der Waals surface area contributed by atoms with Gasteiger partial charge in [0.2, 0.25) is 0 Å². The zero-order valence-electron chi connectivity index (χ0n) is 11.2.